The lowest BCUT2D eigenvalue weighted by molar-refractivity contribution is -0.384. The fourth-order valence-corrected chi connectivity index (χ4v) is 1.47. The first kappa shape index (κ1) is 15.1. The number of hydrogen-bond acceptors (Lipinski definition) is 4. The molecular weight excluding hydrogens is 266 g/mol. The number of nitro benzene ring substituents is 1. The van der Waals surface area contributed by atoms with E-state index >= 15 is 0 Å². The molecule has 0 radical (unpaired) electrons. The number of aliphatic carboxylic acids is 2. The molecule has 7 heteroatoms. The Labute approximate surface area is 113 Å². The van der Waals surface area contributed by atoms with Crippen molar-refractivity contribution >= 4 is 23.7 Å². The molecular formula is C13H11NO6. The van der Waals surface area contributed by atoms with Crippen LogP contribution in [-0.2, 0) is 9.59 Å². The Balaban J connectivity index is 3.18. The molecule has 2 N–H and O–H groups in total. The van der Waals surface area contributed by atoms with E-state index in [1.54, 1.807) is 0 Å². The third-order valence-electron chi connectivity index (χ3n) is 2.41. The van der Waals surface area contributed by atoms with Crippen LogP contribution < -0.4 is 0 Å². The van der Waals surface area contributed by atoms with Crippen molar-refractivity contribution in [1.82, 2.24) is 0 Å². The van der Waals surface area contributed by atoms with Crippen LogP contribution in [0, 0.1) is 10.1 Å². The number of carboxylic acids is 2. The predicted octanol–water partition coefficient (Wildman–Crippen LogP) is 2.09. The van der Waals surface area contributed by atoms with E-state index in [4.69, 9.17) is 10.2 Å². The lowest BCUT2D eigenvalue weighted by atomic mass is 10.0. The molecule has 0 aliphatic carbocycles. The number of benzene rings is 1. The third kappa shape index (κ3) is 4.05. The van der Waals surface area contributed by atoms with E-state index in [1.165, 1.54) is 37.3 Å². The van der Waals surface area contributed by atoms with E-state index in [0.29, 0.717) is 5.56 Å². The number of rotatable bonds is 5. The summed E-state index contributed by atoms with van der Waals surface area (Å²) < 4.78 is 0. The lowest BCUT2D eigenvalue weighted by Gasteiger charge is -2.02. The average molecular weight is 277 g/mol. The van der Waals surface area contributed by atoms with Crippen LogP contribution >= 0.6 is 0 Å². The van der Waals surface area contributed by atoms with Crippen LogP contribution in [0.2, 0.25) is 0 Å². The van der Waals surface area contributed by atoms with E-state index in [1.807, 2.05) is 0 Å². The van der Waals surface area contributed by atoms with Gasteiger partial charge in [0.2, 0.25) is 0 Å². The van der Waals surface area contributed by atoms with Gasteiger partial charge >= 0.3 is 11.9 Å². The summed E-state index contributed by atoms with van der Waals surface area (Å²) in [5.41, 5.74) is 0.188. The van der Waals surface area contributed by atoms with E-state index in [2.05, 4.69) is 0 Å². The van der Waals surface area contributed by atoms with Gasteiger partial charge < -0.3 is 10.2 Å². The van der Waals surface area contributed by atoms with Crippen LogP contribution in [0.15, 0.2) is 41.5 Å². The highest BCUT2D eigenvalue weighted by Gasteiger charge is 2.11. The minimum Gasteiger partial charge on any atom is -0.478 e. The maximum Gasteiger partial charge on any atom is 0.335 e. The summed E-state index contributed by atoms with van der Waals surface area (Å²) >= 11 is 0. The highest BCUT2D eigenvalue weighted by molar-refractivity contribution is 5.99. The zero-order valence-electron chi connectivity index (χ0n) is 10.4. The Hall–Kier alpha value is -2.96. The molecule has 0 fully saturated rings. The van der Waals surface area contributed by atoms with Crippen LogP contribution in [0.1, 0.15) is 12.5 Å². The fraction of sp³-hybridized carbons (Fsp3) is 0.0769. The highest BCUT2D eigenvalue weighted by atomic mass is 16.6. The first-order valence-electron chi connectivity index (χ1n) is 5.42. The Kier molecular flexibility index (Phi) is 4.74. The highest BCUT2D eigenvalue weighted by Crippen LogP contribution is 2.18. The Morgan fingerprint density at radius 2 is 1.75 bits per heavy atom. The quantitative estimate of drug-likeness (QED) is 0.368. The molecule has 0 saturated carbocycles. The summed E-state index contributed by atoms with van der Waals surface area (Å²) in [4.78, 5) is 31.6. The van der Waals surface area contributed by atoms with Gasteiger partial charge in [-0.2, -0.15) is 0 Å². The van der Waals surface area contributed by atoms with Crippen molar-refractivity contribution in [3.8, 4) is 0 Å². The zero-order valence-corrected chi connectivity index (χ0v) is 10.4. The summed E-state index contributed by atoms with van der Waals surface area (Å²) in [5, 5.41) is 28.2. The number of hydrogen-bond donors (Lipinski definition) is 2. The van der Waals surface area contributed by atoms with E-state index in [-0.39, 0.29) is 16.8 Å². The molecule has 0 spiro atoms. The van der Waals surface area contributed by atoms with Gasteiger partial charge in [0.05, 0.1) is 10.5 Å². The summed E-state index contributed by atoms with van der Waals surface area (Å²) in [5.74, 6) is -2.53. The van der Waals surface area contributed by atoms with Crippen LogP contribution in [0.25, 0.3) is 6.08 Å². The Morgan fingerprint density at radius 1 is 1.20 bits per heavy atom. The molecule has 0 aliphatic heterocycles. The van der Waals surface area contributed by atoms with Gasteiger partial charge in [0.15, 0.2) is 0 Å². The zero-order chi connectivity index (χ0) is 15.3. The smallest absolute Gasteiger partial charge is 0.335 e. The molecule has 0 atom stereocenters. The van der Waals surface area contributed by atoms with Crippen molar-refractivity contribution in [3.63, 3.8) is 0 Å². The Morgan fingerprint density at radius 3 is 2.15 bits per heavy atom. The maximum absolute atomic E-state index is 11.1. The maximum atomic E-state index is 11.1. The Bertz CT molecular complexity index is 612. The first-order chi connectivity index (χ1) is 9.31. The van der Waals surface area contributed by atoms with Crippen molar-refractivity contribution in [1.29, 1.82) is 0 Å². The molecule has 7 nitrogen and oxygen atoms in total. The molecule has 104 valence electrons. The van der Waals surface area contributed by atoms with Crippen molar-refractivity contribution in [2.24, 2.45) is 0 Å². The molecule has 1 aromatic carbocycles. The van der Waals surface area contributed by atoms with Crippen molar-refractivity contribution in [3.05, 3.63) is 57.2 Å². The number of non-ortho nitro benzene ring substituents is 1. The summed E-state index contributed by atoms with van der Waals surface area (Å²) in [7, 11) is 0. The minimum atomic E-state index is -1.28. The van der Waals surface area contributed by atoms with Crippen LogP contribution in [0.5, 0.6) is 0 Å². The SMILES string of the molecule is CC(=C/C(=O)O)/C(=C\c1ccc([N+](=O)[O-])cc1)C(=O)O. The van der Waals surface area contributed by atoms with Gasteiger partial charge in [-0.1, -0.05) is 0 Å². The van der Waals surface area contributed by atoms with Gasteiger partial charge in [0.25, 0.3) is 5.69 Å². The van der Waals surface area contributed by atoms with Gasteiger partial charge in [-0.15, -0.1) is 0 Å². The molecule has 20 heavy (non-hydrogen) atoms. The van der Waals surface area contributed by atoms with Crippen molar-refractivity contribution in [2.45, 2.75) is 6.92 Å². The van der Waals surface area contributed by atoms with E-state index in [9.17, 15) is 19.7 Å². The van der Waals surface area contributed by atoms with Crippen molar-refractivity contribution < 1.29 is 24.7 Å². The van der Waals surface area contributed by atoms with Gasteiger partial charge in [0.1, 0.15) is 0 Å². The average Bonchev–Trinajstić information content (AvgIpc) is 2.35. The second-order valence-electron chi connectivity index (χ2n) is 3.88. The van der Waals surface area contributed by atoms with Gasteiger partial charge in [-0.05, 0) is 36.3 Å². The van der Waals surface area contributed by atoms with Crippen molar-refractivity contribution in [2.75, 3.05) is 0 Å². The molecule has 0 bridgehead atoms. The standard InChI is InChI=1S/C13H11NO6/c1-8(6-12(15)16)11(13(17)18)7-9-2-4-10(5-3-9)14(19)20/h2-7H,1H3,(H,15,16)(H,17,18)/b8-6-,11-7+. The molecule has 0 saturated heterocycles. The third-order valence-corrected chi connectivity index (χ3v) is 2.41. The van der Waals surface area contributed by atoms with Gasteiger partial charge in [0, 0.05) is 18.2 Å². The number of carbonyl (C=O) groups is 2. The first-order valence-corrected chi connectivity index (χ1v) is 5.42. The largest absolute Gasteiger partial charge is 0.478 e. The van der Waals surface area contributed by atoms with Gasteiger partial charge in [-0.3, -0.25) is 10.1 Å². The monoisotopic (exact) mass is 277 g/mol. The predicted molar refractivity (Wildman–Crippen MR) is 70.1 cm³/mol. The normalized spacial score (nSPS) is 12.1. The summed E-state index contributed by atoms with van der Waals surface area (Å²) in [6.07, 6.45) is 2.03. The van der Waals surface area contributed by atoms with E-state index in [0.717, 1.165) is 6.08 Å². The number of carboxylic acid groups (broad SMARTS) is 2. The lowest BCUT2D eigenvalue weighted by Crippen LogP contribution is -2.03. The second-order valence-corrected chi connectivity index (χ2v) is 3.88. The fourth-order valence-electron chi connectivity index (χ4n) is 1.47. The van der Waals surface area contributed by atoms with E-state index < -0.39 is 16.9 Å². The molecule has 0 aromatic heterocycles. The number of nitrogens with zero attached hydrogens (tertiary/aromatic N) is 1. The van der Waals surface area contributed by atoms with Crippen LogP contribution in [0.4, 0.5) is 5.69 Å². The van der Waals surface area contributed by atoms with Gasteiger partial charge in [-0.25, -0.2) is 9.59 Å². The molecule has 0 amide bonds. The molecule has 1 rings (SSSR count). The van der Waals surface area contributed by atoms with Crippen LogP contribution in [0.3, 0.4) is 0 Å². The molecule has 0 aliphatic rings. The number of nitro groups is 1. The summed E-state index contributed by atoms with van der Waals surface area (Å²) in [6, 6.07) is 5.24. The summed E-state index contributed by atoms with van der Waals surface area (Å²) in [6.45, 7) is 1.36. The molecule has 0 unspecified atom stereocenters. The topological polar surface area (TPSA) is 118 Å². The second kappa shape index (κ2) is 6.28. The minimum absolute atomic E-state index is 0.0725. The van der Waals surface area contributed by atoms with Crippen LogP contribution in [-0.4, -0.2) is 27.1 Å². The molecule has 1 aromatic rings. The molecule has 0 heterocycles.